The molecule has 2 heterocycles. The summed E-state index contributed by atoms with van der Waals surface area (Å²) in [6, 6.07) is 9.47. The van der Waals surface area contributed by atoms with Gasteiger partial charge in [0.05, 0.1) is 4.91 Å². The summed E-state index contributed by atoms with van der Waals surface area (Å²) < 4.78 is 1.94. The van der Waals surface area contributed by atoms with Crippen molar-refractivity contribution >= 4 is 57.7 Å². The van der Waals surface area contributed by atoms with Crippen LogP contribution in [0.15, 0.2) is 34.0 Å². The Balaban J connectivity index is 1.89. The molecule has 1 aromatic heterocycles. The zero-order valence-electron chi connectivity index (χ0n) is 20.9. The van der Waals surface area contributed by atoms with Gasteiger partial charge >= 0.3 is 0 Å². The minimum Gasteiger partial charge on any atom is -0.367 e. The lowest BCUT2D eigenvalue weighted by Gasteiger charge is -2.18. The first kappa shape index (κ1) is 28.0. The van der Waals surface area contributed by atoms with Gasteiger partial charge in [-0.3, -0.25) is 19.1 Å². The number of carbonyl (C=O) groups is 1. The van der Waals surface area contributed by atoms with E-state index in [-0.39, 0.29) is 11.5 Å². The fourth-order valence-electron chi connectivity index (χ4n) is 4.14. The highest BCUT2D eigenvalue weighted by atomic mass is 35.5. The van der Waals surface area contributed by atoms with Crippen LogP contribution < -0.4 is 10.9 Å². The number of amides is 1. The van der Waals surface area contributed by atoms with Crippen LogP contribution in [0.4, 0.5) is 5.82 Å². The lowest BCUT2D eigenvalue weighted by molar-refractivity contribution is -0.122. The number of rotatable bonds is 11. The topological polar surface area (TPSA) is 78.1 Å². The maximum atomic E-state index is 13.2. The lowest BCUT2D eigenvalue weighted by atomic mass is 10.0. The standard InChI is InChI=1S/C27H31ClN4O2S2/c1-4-5-6-7-8-11-14-32-26(34)23(36-27(32)35)15-20-18(2)21(16-29)25(33)31(3)24(20)30-17-19-12-9-10-13-22(19)28/h9-10,12-13,15,30H,4-8,11,14,17H2,1-3H3/b23-15+. The van der Waals surface area contributed by atoms with E-state index in [2.05, 4.69) is 12.2 Å². The predicted octanol–water partition coefficient (Wildman–Crippen LogP) is 6.39. The molecule has 0 bridgehead atoms. The molecule has 0 saturated carbocycles. The Morgan fingerprint density at radius 2 is 1.86 bits per heavy atom. The molecule has 6 nitrogen and oxygen atoms in total. The lowest BCUT2D eigenvalue weighted by Crippen LogP contribution is -2.29. The first-order valence-corrected chi connectivity index (χ1v) is 13.8. The van der Waals surface area contributed by atoms with Gasteiger partial charge in [-0.25, -0.2) is 0 Å². The van der Waals surface area contributed by atoms with E-state index in [9.17, 15) is 14.9 Å². The summed E-state index contributed by atoms with van der Waals surface area (Å²) in [5.74, 6) is 0.375. The number of hydrogen-bond donors (Lipinski definition) is 1. The van der Waals surface area contributed by atoms with Crippen LogP contribution >= 0.6 is 35.6 Å². The van der Waals surface area contributed by atoms with Crippen molar-refractivity contribution in [2.75, 3.05) is 11.9 Å². The van der Waals surface area contributed by atoms with Crippen molar-refractivity contribution < 1.29 is 4.79 Å². The van der Waals surface area contributed by atoms with E-state index in [1.165, 1.54) is 35.6 Å². The Hall–Kier alpha value is -2.60. The van der Waals surface area contributed by atoms with E-state index in [1.54, 1.807) is 31.0 Å². The zero-order chi connectivity index (χ0) is 26.2. The van der Waals surface area contributed by atoms with Crippen molar-refractivity contribution in [3.8, 4) is 6.07 Å². The molecular formula is C27H31ClN4O2S2. The summed E-state index contributed by atoms with van der Waals surface area (Å²) in [4.78, 5) is 28.2. The Kier molecular flexibility index (Phi) is 10.2. The van der Waals surface area contributed by atoms with E-state index in [1.807, 2.05) is 24.3 Å². The number of nitrogens with one attached hydrogen (secondary N) is 1. The van der Waals surface area contributed by atoms with Gasteiger partial charge in [0.1, 0.15) is 21.8 Å². The van der Waals surface area contributed by atoms with E-state index in [0.29, 0.717) is 44.3 Å². The number of thioether (sulfide) groups is 1. The molecule has 1 saturated heterocycles. The highest BCUT2D eigenvalue weighted by Gasteiger charge is 2.32. The average Bonchev–Trinajstić information content (AvgIpc) is 3.13. The minimum atomic E-state index is -0.399. The quantitative estimate of drug-likeness (QED) is 0.201. The van der Waals surface area contributed by atoms with Gasteiger partial charge in [0.15, 0.2) is 0 Å². The van der Waals surface area contributed by atoms with Crippen LogP contribution in [0, 0.1) is 18.3 Å². The monoisotopic (exact) mass is 542 g/mol. The number of benzene rings is 1. The summed E-state index contributed by atoms with van der Waals surface area (Å²) in [5.41, 5.74) is 1.65. The van der Waals surface area contributed by atoms with Crippen molar-refractivity contribution in [2.45, 2.75) is 58.9 Å². The molecule has 1 amide bonds. The number of halogens is 1. The summed E-state index contributed by atoms with van der Waals surface area (Å²) in [6.07, 6.45) is 8.53. The number of carbonyl (C=O) groups excluding carboxylic acids is 1. The normalized spacial score (nSPS) is 14.5. The van der Waals surface area contributed by atoms with Crippen LogP contribution in [0.5, 0.6) is 0 Å². The molecule has 9 heteroatoms. The van der Waals surface area contributed by atoms with Crippen molar-refractivity contribution in [3.05, 3.63) is 66.8 Å². The molecule has 1 N–H and O–H groups in total. The second-order valence-electron chi connectivity index (χ2n) is 8.78. The van der Waals surface area contributed by atoms with Crippen LogP contribution in [0.1, 0.15) is 67.7 Å². The molecule has 190 valence electrons. The first-order valence-electron chi connectivity index (χ1n) is 12.2. The van der Waals surface area contributed by atoms with Gasteiger partial charge in [-0.05, 0) is 36.6 Å². The molecule has 1 aromatic carbocycles. The highest BCUT2D eigenvalue weighted by Crippen LogP contribution is 2.35. The number of pyridine rings is 1. The summed E-state index contributed by atoms with van der Waals surface area (Å²) >= 11 is 13.1. The average molecular weight is 543 g/mol. The van der Waals surface area contributed by atoms with Crippen LogP contribution in [-0.2, 0) is 18.4 Å². The van der Waals surface area contributed by atoms with Crippen molar-refractivity contribution in [1.82, 2.24) is 9.47 Å². The van der Waals surface area contributed by atoms with Crippen molar-refractivity contribution in [3.63, 3.8) is 0 Å². The molecule has 0 spiro atoms. The fourth-order valence-corrected chi connectivity index (χ4v) is 5.63. The second-order valence-corrected chi connectivity index (χ2v) is 10.9. The minimum absolute atomic E-state index is 0.0506. The molecule has 36 heavy (non-hydrogen) atoms. The maximum Gasteiger partial charge on any atom is 0.270 e. The predicted molar refractivity (Wildman–Crippen MR) is 153 cm³/mol. The smallest absolute Gasteiger partial charge is 0.270 e. The van der Waals surface area contributed by atoms with Gasteiger partial charge in [-0.2, -0.15) is 5.26 Å². The molecule has 3 rings (SSSR count). The first-order chi connectivity index (χ1) is 17.3. The van der Waals surface area contributed by atoms with Crippen LogP contribution in [0.25, 0.3) is 6.08 Å². The van der Waals surface area contributed by atoms with Gasteiger partial charge in [0.25, 0.3) is 11.5 Å². The van der Waals surface area contributed by atoms with Gasteiger partial charge < -0.3 is 5.32 Å². The molecular weight excluding hydrogens is 512 g/mol. The third kappa shape index (κ3) is 6.39. The van der Waals surface area contributed by atoms with Crippen LogP contribution in [0.2, 0.25) is 5.02 Å². The number of anilines is 1. The third-order valence-electron chi connectivity index (χ3n) is 6.29. The molecule has 0 aliphatic carbocycles. The molecule has 1 aliphatic rings. The summed E-state index contributed by atoms with van der Waals surface area (Å²) in [5, 5.41) is 13.5. The largest absolute Gasteiger partial charge is 0.367 e. The molecule has 1 fully saturated rings. The number of aromatic nitrogens is 1. The number of thiocarbonyl (C=S) groups is 1. The molecule has 0 unspecified atom stereocenters. The van der Waals surface area contributed by atoms with Gasteiger partial charge in [-0.15, -0.1) is 0 Å². The molecule has 0 atom stereocenters. The fraction of sp³-hybridized carbons (Fsp3) is 0.407. The third-order valence-corrected chi connectivity index (χ3v) is 8.03. The van der Waals surface area contributed by atoms with E-state index >= 15 is 0 Å². The van der Waals surface area contributed by atoms with Crippen LogP contribution in [-0.4, -0.2) is 26.2 Å². The van der Waals surface area contributed by atoms with Crippen molar-refractivity contribution in [2.24, 2.45) is 7.05 Å². The maximum absolute atomic E-state index is 13.2. The number of nitrogens with zero attached hydrogens (tertiary/aromatic N) is 3. The summed E-state index contributed by atoms with van der Waals surface area (Å²) in [6.45, 7) is 4.89. The zero-order valence-corrected chi connectivity index (χ0v) is 23.3. The Morgan fingerprint density at radius 1 is 1.17 bits per heavy atom. The molecule has 2 aromatic rings. The van der Waals surface area contributed by atoms with Gasteiger partial charge in [0, 0.05) is 30.7 Å². The highest BCUT2D eigenvalue weighted by molar-refractivity contribution is 8.26. The van der Waals surface area contributed by atoms with E-state index < -0.39 is 5.56 Å². The number of unbranched alkanes of at least 4 members (excludes halogenated alkanes) is 5. The molecule has 1 aliphatic heterocycles. The second kappa shape index (κ2) is 13.1. The van der Waals surface area contributed by atoms with Crippen LogP contribution in [0.3, 0.4) is 0 Å². The summed E-state index contributed by atoms with van der Waals surface area (Å²) in [7, 11) is 1.61. The van der Waals surface area contributed by atoms with Gasteiger partial charge in [-0.1, -0.05) is 92.8 Å². The van der Waals surface area contributed by atoms with Crippen molar-refractivity contribution in [1.29, 1.82) is 5.26 Å². The Labute approximate surface area is 227 Å². The Morgan fingerprint density at radius 3 is 2.56 bits per heavy atom. The van der Waals surface area contributed by atoms with E-state index in [4.69, 9.17) is 23.8 Å². The SMILES string of the molecule is CCCCCCCCN1C(=O)/C(=C\c2c(C)c(C#N)c(=O)n(C)c2NCc2ccccc2Cl)SC1=S. The molecule has 0 radical (unpaired) electrons. The van der Waals surface area contributed by atoms with Gasteiger partial charge in [0.2, 0.25) is 0 Å². The Bertz CT molecular complexity index is 1280. The number of nitriles is 1. The number of hydrogen-bond acceptors (Lipinski definition) is 6. The van der Waals surface area contributed by atoms with E-state index in [0.717, 1.165) is 24.8 Å².